The van der Waals surface area contributed by atoms with Gasteiger partial charge in [-0.1, -0.05) is 142 Å². The molecule has 1 N–H and O–H groups in total. The summed E-state index contributed by atoms with van der Waals surface area (Å²) in [6.45, 7) is 4.90. The minimum Gasteiger partial charge on any atom is -0.461 e. The summed E-state index contributed by atoms with van der Waals surface area (Å²) in [4.78, 5) is 24.8. The van der Waals surface area contributed by atoms with E-state index in [9.17, 15) is 14.7 Å². The van der Waals surface area contributed by atoms with Crippen molar-refractivity contribution in [3.05, 3.63) is 0 Å². The fourth-order valence-corrected chi connectivity index (χ4v) is 5.10. The highest BCUT2D eigenvalue weighted by molar-refractivity contribution is 5.70. The van der Waals surface area contributed by atoms with Gasteiger partial charge in [-0.25, -0.2) is 0 Å². The van der Waals surface area contributed by atoms with Crippen LogP contribution in [0.5, 0.6) is 0 Å². The van der Waals surface area contributed by atoms with E-state index in [1.807, 2.05) is 14.1 Å². The number of hydrogen-bond acceptors (Lipinski definition) is 5. The minimum absolute atomic E-state index is 0.0581. The molecule has 0 rings (SSSR count). The number of unbranched alkanes of at least 4 members (excludes halogenated alkanes) is 20. The molecule has 0 radical (unpaired) electrons. The summed E-state index contributed by atoms with van der Waals surface area (Å²) in [5.74, 6) is -0.461. The molecule has 0 saturated heterocycles. The van der Waals surface area contributed by atoms with Crippen molar-refractivity contribution in [3.8, 4) is 0 Å². The van der Waals surface area contributed by atoms with Crippen LogP contribution in [0.3, 0.4) is 0 Å². The first-order valence-electron chi connectivity index (χ1n) is 17.1. The van der Waals surface area contributed by atoms with Crippen molar-refractivity contribution in [1.29, 1.82) is 0 Å². The summed E-state index contributed by atoms with van der Waals surface area (Å²) in [7, 11) is 3.75. The summed E-state index contributed by atoms with van der Waals surface area (Å²) < 4.78 is 11.5. The average molecular weight is 571 g/mol. The van der Waals surface area contributed by atoms with Gasteiger partial charge < -0.3 is 19.1 Å². The van der Waals surface area contributed by atoms with Crippen LogP contribution in [0.25, 0.3) is 0 Å². The van der Waals surface area contributed by atoms with Gasteiger partial charge in [0.25, 0.3) is 0 Å². The van der Waals surface area contributed by atoms with Gasteiger partial charge in [0.1, 0.15) is 13.2 Å². The zero-order valence-electron chi connectivity index (χ0n) is 27.2. The quantitative estimate of drug-likeness (QED) is 0.0404. The standard InChI is InChI=1S/C34H68NO5/c1-5-7-9-11-13-15-17-19-21-23-25-27-33(37)39-30-32(29-35(3,4)31-36)40-34(38)28-26-24-22-20-18-16-14-12-10-8-6-2/h32,36H,5-31H2,1-4H3/q+1. The molecule has 6 nitrogen and oxygen atoms in total. The first-order chi connectivity index (χ1) is 19.3. The number of rotatable bonds is 30. The first-order valence-corrected chi connectivity index (χ1v) is 17.1. The molecule has 1 atom stereocenters. The monoisotopic (exact) mass is 571 g/mol. The Balaban J connectivity index is 4.04. The highest BCUT2D eigenvalue weighted by Crippen LogP contribution is 2.14. The lowest BCUT2D eigenvalue weighted by atomic mass is 10.1. The predicted octanol–water partition coefficient (Wildman–Crippen LogP) is 8.87. The third kappa shape index (κ3) is 27.1. The van der Waals surface area contributed by atoms with Crippen molar-refractivity contribution in [2.45, 2.75) is 174 Å². The lowest BCUT2D eigenvalue weighted by molar-refractivity contribution is -0.911. The van der Waals surface area contributed by atoms with Crippen molar-refractivity contribution in [3.63, 3.8) is 0 Å². The topological polar surface area (TPSA) is 72.8 Å². The van der Waals surface area contributed by atoms with Crippen molar-refractivity contribution in [1.82, 2.24) is 0 Å². The molecule has 6 heteroatoms. The molecule has 0 spiro atoms. The van der Waals surface area contributed by atoms with E-state index in [2.05, 4.69) is 13.8 Å². The third-order valence-corrected chi connectivity index (χ3v) is 7.78. The van der Waals surface area contributed by atoms with E-state index in [-0.39, 0.29) is 29.8 Å². The normalized spacial score (nSPS) is 12.4. The molecule has 0 aliphatic carbocycles. The Labute approximate surface area is 248 Å². The van der Waals surface area contributed by atoms with Gasteiger partial charge in [0.05, 0.1) is 14.1 Å². The van der Waals surface area contributed by atoms with E-state index >= 15 is 0 Å². The maximum absolute atomic E-state index is 12.5. The first kappa shape index (κ1) is 38.9. The van der Waals surface area contributed by atoms with E-state index in [1.54, 1.807) is 0 Å². The number of likely N-dealkylation sites (N-methyl/N-ethyl adjacent to an activating group) is 1. The molecule has 0 aliphatic heterocycles. The summed E-state index contributed by atoms with van der Waals surface area (Å²) in [6, 6.07) is 0. The molecule has 0 aliphatic rings. The summed E-state index contributed by atoms with van der Waals surface area (Å²) in [5, 5.41) is 9.66. The maximum atomic E-state index is 12.5. The van der Waals surface area contributed by atoms with Gasteiger partial charge >= 0.3 is 11.9 Å². The highest BCUT2D eigenvalue weighted by Gasteiger charge is 2.26. The average Bonchev–Trinajstić information content (AvgIpc) is 2.93. The number of hydrogen-bond donors (Lipinski definition) is 1. The van der Waals surface area contributed by atoms with E-state index in [0.29, 0.717) is 19.4 Å². The Morgan fingerprint density at radius 1 is 0.575 bits per heavy atom. The molecule has 0 fully saturated rings. The molecule has 238 valence electrons. The number of esters is 2. The maximum Gasteiger partial charge on any atom is 0.306 e. The second-order valence-corrected chi connectivity index (χ2v) is 12.6. The van der Waals surface area contributed by atoms with Gasteiger partial charge in [-0.2, -0.15) is 0 Å². The number of carbonyl (C=O) groups is 2. The van der Waals surface area contributed by atoms with Crippen LogP contribution in [0.2, 0.25) is 0 Å². The summed E-state index contributed by atoms with van der Waals surface area (Å²) in [5.41, 5.74) is 0. The molecular weight excluding hydrogens is 502 g/mol. The zero-order valence-corrected chi connectivity index (χ0v) is 27.2. The van der Waals surface area contributed by atoms with Crippen molar-refractivity contribution in [2.75, 3.05) is 34.0 Å². The second kappa shape index (κ2) is 28.0. The van der Waals surface area contributed by atoms with Crippen molar-refractivity contribution in [2.24, 2.45) is 0 Å². The molecule has 0 aromatic heterocycles. The molecule has 0 amide bonds. The van der Waals surface area contributed by atoms with Crippen LogP contribution >= 0.6 is 0 Å². The van der Waals surface area contributed by atoms with Crippen LogP contribution in [0, 0.1) is 0 Å². The Morgan fingerprint density at radius 2 is 0.925 bits per heavy atom. The molecule has 0 aromatic carbocycles. The second-order valence-electron chi connectivity index (χ2n) is 12.6. The summed E-state index contributed by atoms with van der Waals surface area (Å²) in [6.07, 6.45) is 27.6. The van der Waals surface area contributed by atoms with Gasteiger partial charge in [-0.05, 0) is 12.8 Å². The molecule has 0 aromatic rings. The Bertz CT molecular complexity index is 581. The van der Waals surface area contributed by atoms with Crippen LogP contribution in [-0.4, -0.2) is 61.6 Å². The predicted molar refractivity (Wildman–Crippen MR) is 167 cm³/mol. The fraction of sp³-hybridized carbons (Fsp3) is 0.941. The Kier molecular flexibility index (Phi) is 27.2. The smallest absolute Gasteiger partial charge is 0.306 e. The van der Waals surface area contributed by atoms with Crippen LogP contribution in [0.1, 0.15) is 168 Å². The van der Waals surface area contributed by atoms with Crippen LogP contribution in [-0.2, 0) is 19.1 Å². The number of aliphatic hydroxyl groups is 1. The van der Waals surface area contributed by atoms with Gasteiger partial charge in [0.15, 0.2) is 12.8 Å². The number of aliphatic hydroxyl groups excluding tert-OH is 1. The Hall–Kier alpha value is -1.14. The molecule has 0 heterocycles. The lowest BCUT2D eigenvalue weighted by Crippen LogP contribution is -2.48. The molecule has 0 bridgehead atoms. The van der Waals surface area contributed by atoms with Crippen molar-refractivity contribution < 1.29 is 28.7 Å². The SMILES string of the molecule is CCCCCCCCCCCCCC(=O)OCC(C[N+](C)(C)CO)OC(=O)CCCCCCCCCCCCC. The van der Waals surface area contributed by atoms with Crippen LogP contribution in [0.4, 0.5) is 0 Å². The lowest BCUT2D eigenvalue weighted by Gasteiger charge is -2.30. The van der Waals surface area contributed by atoms with E-state index < -0.39 is 6.10 Å². The molecular formula is C34H68NO5+. The molecule has 0 saturated carbocycles. The van der Waals surface area contributed by atoms with Gasteiger partial charge in [0.2, 0.25) is 0 Å². The van der Waals surface area contributed by atoms with Crippen LogP contribution in [0.15, 0.2) is 0 Å². The highest BCUT2D eigenvalue weighted by atomic mass is 16.6. The fourth-order valence-electron chi connectivity index (χ4n) is 5.10. The number of nitrogens with zero attached hydrogens (tertiary/aromatic N) is 1. The van der Waals surface area contributed by atoms with E-state index in [4.69, 9.17) is 9.47 Å². The largest absolute Gasteiger partial charge is 0.461 e. The van der Waals surface area contributed by atoms with Crippen LogP contribution < -0.4 is 0 Å². The van der Waals surface area contributed by atoms with Gasteiger partial charge in [0, 0.05) is 12.8 Å². The number of carbonyl (C=O) groups excluding carboxylic acids is 2. The summed E-state index contributed by atoms with van der Waals surface area (Å²) >= 11 is 0. The van der Waals surface area contributed by atoms with Crippen molar-refractivity contribution >= 4 is 11.9 Å². The molecule has 40 heavy (non-hydrogen) atoms. The Morgan fingerprint density at radius 3 is 1.30 bits per heavy atom. The molecule has 1 unspecified atom stereocenters. The minimum atomic E-state index is -0.538. The van der Waals surface area contributed by atoms with E-state index in [0.717, 1.165) is 32.1 Å². The van der Waals surface area contributed by atoms with Gasteiger partial charge in [-0.15, -0.1) is 0 Å². The number of quaternary nitrogens is 1. The zero-order chi connectivity index (χ0) is 29.7. The number of ether oxygens (including phenoxy) is 2. The third-order valence-electron chi connectivity index (χ3n) is 7.78. The van der Waals surface area contributed by atoms with E-state index in [1.165, 1.54) is 109 Å². The van der Waals surface area contributed by atoms with Gasteiger partial charge in [-0.3, -0.25) is 9.59 Å².